The van der Waals surface area contributed by atoms with Crippen molar-refractivity contribution < 1.29 is 23.1 Å². The van der Waals surface area contributed by atoms with Crippen molar-refractivity contribution in [2.45, 2.75) is 13.0 Å². The van der Waals surface area contributed by atoms with Crippen LogP contribution in [-0.2, 0) is 4.74 Å². The van der Waals surface area contributed by atoms with Crippen LogP contribution < -0.4 is 10.8 Å². The van der Waals surface area contributed by atoms with E-state index in [9.17, 15) is 18.4 Å². The summed E-state index contributed by atoms with van der Waals surface area (Å²) < 4.78 is 47.6. The Balaban J connectivity index is 1.66. The zero-order chi connectivity index (χ0) is 23.5. The van der Waals surface area contributed by atoms with E-state index in [4.69, 9.17) is 16.3 Å². The topological polar surface area (TPSA) is 97.8 Å². The van der Waals surface area contributed by atoms with E-state index in [0.717, 1.165) is 25.2 Å². The van der Waals surface area contributed by atoms with Crippen molar-refractivity contribution in [3.8, 4) is 0 Å². The number of ether oxygens (including phenoxy) is 1. The van der Waals surface area contributed by atoms with Gasteiger partial charge in [0.1, 0.15) is 11.3 Å². The highest BCUT2D eigenvalue weighted by atomic mass is 35.5. The number of rotatable bonds is 6. The minimum Gasteiger partial charge on any atom is -0.379 e. The van der Waals surface area contributed by atoms with E-state index >= 15 is 0 Å². The number of amidine groups is 1. The number of H-pyrrole nitrogens is 1. The quantitative estimate of drug-likeness (QED) is 0.242. The summed E-state index contributed by atoms with van der Waals surface area (Å²) in [7, 11) is 0. The second-order valence-electron chi connectivity index (χ2n) is 7.66. The largest absolute Gasteiger partial charge is 0.379 e. The molecule has 0 spiro atoms. The highest BCUT2D eigenvalue weighted by molar-refractivity contribution is 6.31. The number of aliphatic imine (C=N–C) groups is 1. The molecule has 1 atom stereocenters. The SMILES string of the molecule is CC(CN1CCOCC1)Nc1nc2c(F)c(F)cc(C(=Nc3ccc(F)c(Cl)c3)NO)c2[nH]1. The summed E-state index contributed by atoms with van der Waals surface area (Å²) in [4.78, 5) is 13.5. The molecule has 0 aliphatic carbocycles. The van der Waals surface area contributed by atoms with Crippen molar-refractivity contribution in [2.75, 3.05) is 38.2 Å². The number of nitrogens with zero attached hydrogens (tertiary/aromatic N) is 3. The van der Waals surface area contributed by atoms with Crippen LogP contribution >= 0.6 is 11.6 Å². The van der Waals surface area contributed by atoms with Gasteiger partial charge in [0.2, 0.25) is 5.95 Å². The summed E-state index contributed by atoms with van der Waals surface area (Å²) in [6.07, 6.45) is 0. The zero-order valence-corrected chi connectivity index (χ0v) is 18.4. The third-order valence-corrected chi connectivity index (χ3v) is 5.48. The van der Waals surface area contributed by atoms with Crippen LogP contribution in [0.15, 0.2) is 29.3 Å². The highest BCUT2D eigenvalue weighted by Crippen LogP contribution is 2.27. The van der Waals surface area contributed by atoms with Gasteiger partial charge in [0, 0.05) is 31.2 Å². The van der Waals surface area contributed by atoms with E-state index < -0.39 is 17.5 Å². The molecule has 8 nitrogen and oxygen atoms in total. The van der Waals surface area contributed by atoms with Gasteiger partial charge in [-0.3, -0.25) is 15.6 Å². The fourth-order valence-electron chi connectivity index (χ4n) is 3.64. The standard InChI is InChI=1S/C21H22ClF3N6O2/c1-11(10-31-4-6-33-7-5-31)26-21-28-18-13(9-16(24)17(25)19(18)29-21)20(30-32)27-12-2-3-15(23)14(22)8-12/h2-3,8-9,11,32H,4-7,10H2,1H3,(H,27,30)(H2,26,28,29). The molecule has 4 N–H and O–H groups in total. The first-order chi connectivity index (χ1) is 15.9. The van der Waals surface area contributed by atoms with Crippen molar-refractivity contribution in [3.05, 3.63) is 52.3 Å². The number of nitrogens with one attached hydrogen (secondary N) is 3. The van der Waals surface area contributed by atoms with Gasteiger partial charge in [-0.25, -0.2) is 23.1 Å². The summed E-state index contributed by atoms with van der Waals surface area (Å²) in [6, 6.07) is 4.49. The van der Waals surface area contributed by atoms with E-state index in [1.165, 1.54) is 12.1 Å². The molecule has 0 radical (unpaired) electrons. The summed E-state index contributed by atoms with van der Waals surface area (Å²) in [5, 5.41) is 12.6. The fraction of sp³-hybridized carbons (Fsp3) is 0.333. The number of fused-ring (bicyclic) bond motifs is 1. The number of aromatic amines is 1. The molecular formula is C21H22ClF3N6O2. The Kier molecular flexibility index (Phi) is 7.03. The lowest BCUT2D eigenvalue weighted by Gasteiger charge is -2.29. The van der Waals surface area contributed by atoms with Crippen LogP contribution in [0, 0.1) is 17.5 Å². The minimum absolute atomic E-state index is 0.0215. The number of morpholine rings is 1. The summed E-state index contributed by atoms with van der Waals surface area (Å²) in [5.41, 5.74) is 1.95. The molecule has 12 heteroatoms. The normalized spacial score (nSPS) is 16.2. The molecular weight excluding hydrogens is 461 g/mol. The average Bonchev–Trinajstić information content (AvgIpc) is 3.21. The number of anilines is 1. The zero-order valence-electron chi connectivity index (χ0n) is 17.6. The van der Waals surface area contributed by atoms with Crippen molar-refractivity contribution in [3.63, 3.8) is 0 Å². The van der Waals surface area contributed by atoms with E-state index in [1.807, 2.05) is 12.4 Å². The first-order valence-corrected chi connectivity index (χ1v) is 10.6. The maximum atomic E-state index is 14.5. The van der Waals surface area contributed by atoms with Crippen molar-refractivity contribution in [2.24, 2.45) is 4.99 Å². The number of imidazole rings is 1. The van der Waals surface area contributed by atoms with Crippen LogP contribution in [0.3, 0.4) is 0 Å². The molecule has 176 valence electrons. The van der Waals surface area contributed by atoms with E-state index in [2.05, 4.69) is 25.2 Å². The molecule has 1 aromatic heterocycles. The lowest BCUT2D eigenvalue weighted by Crippen LogP contribution is -2.42. The van der Waals surface area contributed by atoms with Crippen LogP contribution in [0.5, 0.6) is 0 Å². The van der Waals surface area contributed by atoms with Gasteiger partial charge in [0.15, 0.2) is 17.5 Å². The molecule has 2 heterocycles. The Bertz CT molecular complexity index is 1180. The van der Waals surface area contributed by atoms with Crippen LogP contribution in [0.4, 0.5) is 24.8 Å². The number of hydrogen-bond donors (Lipinski definition) is 4. The van der Waals surface area contributed by atoms with Crippen LogP contribution in [0.25, 0.3) is 11.0 Å². The Morgan fingerprint density at radius 3 is 2.73 bits per heavy atom. The first-order valence-electron chi connectivity index (χ1n) is 10.2. The van der Waals surface area contributed by atoms with Crippen LogP contribution in [-0.4, -0.2) is 64.8 Å². The van der Waals surface area contributed by atoms with Gasteiger partial charge < -0.3 is 15.0 Å². The Morgan fingerprint density at radius 2 is 2.03 bits per heavy atom. The number of hydrogen-bond acceptors (Lipinski definition) is 6. The summed E-state index contributed by atoms with van der Waals surface area (Å²) in [5.74, 6) is -2.92. The molecule has 0 bridgehead atoms. The summed E-state index contributed by atoms with van der Waals surface area (Å²) in [6.45, 7) is 5.61. The Labute approximate surface area is 192 Å². The molecule has 1 aliphatic heterocycles. The van der Waals surface area contributed by atoms with E-state index in [0.29, 0.717) is 19.8 Å². The van der Waals surface area contributed by atoms with Crippen molar-refractivity contribution >= 4 is 40.1 Å². The molecule has 1 saturated heterocycles. The maximum Gasteiger partial charge on any atom is 0.201 e. The van der Waals surface area contributed by atoms with Crippen LogP contribution in [0.1, 0.15) is 12.5 Å². The molecule has 1 fully saturated rings. The van der Waals surface area contributed by atoms with Gasteiger partial charge in [0.05, 0.1) is 29.4 Å². The third kappa shape index (κ3) is 5.22. The lowest BCUT2D eigenvalue weighted by molar-refractivity contribution is 0.0368. The Hall–Kier alpha value is -2.86. The maximum absolute atomic E-state index is 14.5. The van der Waals surface area contributed by atoms with Gasteiger partial charge in [-0.05, 0) is 31.2 Å². The first kappa shape index (κ1) is 23.3. The second kappa shape index (κ2) is 9.96. The molecule has 1 aliphatic rings. The molecule has 33 heavy (non-hydrogen) atoms. The smallest absolute Gasteiger partial charge is 0.201 e. The number of aromatic nitrogens is 2. The van der Waals surface area contributed by atoms with E-state index in [-0.39, 0.29) is 45.1 Å². The molecule has 0 amide bonds. The predicted octanol–water partition coefficient (Wildman–Crippen LogP) is 3.82. The second-order valence-corrected chi connectivity index (χ2v) is 8.07. The van der Waals surface area contributed by atoms with Crippen molar-refractivity contribution in [1.82, 2.24) is 20.3 Å². The van der Waals surface area contributed by atoms with E-state index in [1.54, 1.807) is 0 Å². The van der Waals surface area contributed by atoms with Gasteiger partial charge >= 0.3 is 0 Å². The molecule has 0 saturated carbocycles. The van der Waals surface area contributed by atoms with Gasteiger partial charge in [-0.15, -0.1) is 0 Å². The van der Waals surface area contributed by atoms with Gasteiger partial charge in [-0.1, -0.05) is 11.6 Å². The molecule has 3 aromatic rings. The molecule has 2 aromatic carbocycles. The Morgan fingerprint density at radius 1 is 1.27 bits per heavy atom. The summed E-state index contributed by atoms with van der Waals surface area (Å²) >= 11 is 5.78. The molecule has 4 rings (SSSR count). The van der Waals surface area contributed by atoms with Crippen molar-refractivity contribution in [1.29, 1.82) is 0 Å². The van der Waals surface area contributed by atoms with Gasteiger partial charge in [0.25, 0.3) is 0 Å². The van der Waals surface area contributed by atoms with Crippen LogP contribution in [0.2, 0.25) is 5.02 Å². The average molecular weight is 483 g/mol. The predicted molar refractivity (Wildman–Crippen MR) is 119 cm³/mol. The fourth-order valence-corrected chi connectivity index (χ4v) is 3.81. The number of halogens is 4. The third-order valence-electron chi connectivity index (χ3n) is 5.19. The number of hydroxylamine groups is 1. The number of benzene rings is 2. The monoisotopic (exact) mass is 482 g/mol. The lowest BCUT2D eigenvalue weighted by atomic mass is 10.1. The van der Waals surface area contributed by atoms with Gasteiger partial charge in [-0.2, -0.15) is 0 Å². The highest BCUT2D eigenvalue weighted by Gasteiger charge is 2.21. The molecule has 1 unspecified atom stereocenters. The minimum atomic E-state index is -1.17.